The van der Waals surface area contributed by atoms with E-state index in [4.69, 9.17) is 16.9 Å². The lowest BCUT2D eigenvalue weighted by molar-refractivity contribution is -0.138. The zero-order valence-corrected chi connectivity index (χ0v) is 10.1. The highest BCUT2D eigenvalue weighted by molar-refractivity contribution is 14.1. The van der Waals surface area contributed by atoms with Crippen LogP contribution in [0.5, 0.6) is 0 Å². The summed E-state index contributed by atoms with van der Waals surface area (Å²) in [6.45, 7) is 0. The minimum Gasteiger partial charge on any atom is -0.192 e. The van der Waals surface area contributed by atoms with Crippen LogP contribution in [0.3, 0.4) is 0 Å². The van der Waals surface area contributed by atoms with Crippen molar-refractivity contribution in [2.24, 2.45) is 0 Å². The summed E-state index contributed by atoms with van der Waals surface area (Å²) < 4.78 is 37.8. The molecule has 0 radical (unpaired) electrons. The second-order valence-corrected chi connectivity index (χ2v) is 4.16. The lowest BCUT2D eigenvalue weighted by Gasteiger charge is -2.12. The highest BCUT2D eigenvalue weighted by atomic mass is 127. The van der Waals surface area contributed by atoms with Crippen LogP contribution in [0.25, 0.3) is 0 Å². The Bertz CT molecular complexity index is 423. The number of nitrogens with zero attached hydrogens (tertiary/aromatic N) is 1. The number of hydrogen-bond acceptors (Lipinski definition) is 1. The number of rotatable bonds is 1. The van der Waals surface area contributed by atoms with Crippen LogP contribution in [0.4, 0.5) is 13.2 Å². The van der Waals surface area contributed by atoms with Gasteiger partial charge in [0.15, 0.2) is 0 Å². The van der Waals surface area contributed by atoms with Gasteiger partial charge >= 0.3 is 6.18 Å². The molecule has 0 saturated carbocycles. The van der Waals surface area contributed by atoms with E-state index in [-0.39, 0.29) is 20.6 Å². The van der Waals surface area contributed by atoms with Gasteiger partial charge in [0.2, 0.25) is 0 Å². The van der Waals surface area contributed by atoms with Crippen molar-refractivity contribution >= 4 is 34.2 Å². The Labute approximate surface area is 103 Å². The summed E-state index contributed by atoms with van der Waals surface area (Å²) in [5.74, 6) is -0.263. The van der Waals surface area contributed by atoms with Gasteiger partial charge in [0.05, 0.1) is 11.1 Å². The van der Waals surface area contributed by atoms with Crippen molar-refractivity contribution in [3.8, 4) is 6.07 Å². The molecule has 0 N–H and O–H groups in total. The third kappa shape index (κ3) is 2.75. The molecular weight excluding hydrogens is 341 g/mol. The van der Waals surface area contributed by atoms with Crippen LogP contribution in [0.2, 0.25) is 0 Å². The summed E-state index contributed by atoms with van der Waals surface area (Å²) in [5.41, 5.74) is -0.638. The van der Waals surface area contributed by atoms with E-state index in [9.17, 15) is 13.2 Å². The van der Waals surface area contributed by atoms with Gasteiger partial charge in [-0.25, -0.2) is 0 Å². The van der Waals surface area contributed by atoms with Crippen molar-refractivity contribution in [1.29, 1.82) is 5.26 Å². The molecule has 0 aliphatic rings. The van der Waals surface area contributed by atoms with Crippen LogP contribution in [0, 0.1) is 14.9 Å². The quantitative estimate of drug-likeness (QED) is 0.559. The van der Waals surface area contributed by atoms with Crippen LogP contribution in [0.15, 0.2) is 12.1 Å². The van der Waals surface area contributed by atoms with Gasteiger partial charge in [0, 0.05) is 9.45 Å². The maximum atomic E-state index is 12.5. The van der Waals surface area contributed by atoms with Crippen molar-refractivity contribution in [2.45, 2.75) is 12.1 Å². The van der Waals surface area contributed by atoms with E-state index in [1.165, 1.54) is 6.07 Å². The Morgan fingerprint density at radius 3 is 2.40 bits per heavy atom. The van der Waals surface area contributed by atoms with Gasteiger partial charge in [-0.15, -0.1) is 11.6 Å². The Morgan fingerprint density at radius 1 is 1.40 bits per heavy atom. The molecule has 0 unspecified atom stereocenters. The first-order valence-corrected chi connectivity index (χ1v) is 5.37. The molecule has 0 saturated heterocycles. The number of hydrogen-bond donors (Lipinski definition) is 0. The molecule has 0 aromatic heterocycles. The van der Waals surface area contributed by atoms with E-state index in [2.05, 4.69) is 0 Å². The van der Waals surface area contributed by atoms with Gasteiger partial charge in [-0.2, -0.15) is 18.4 Å². The molecule has 0 spiro atoms. The highest BCUT2D eigenvalue weighted by Crippen LogP contribution is 2.34. The molecule has 15 heavy (non-hydrogen) atoms. The van der Waals surface area contributed by atoms with Crippen LogP contribution < -0.4 is 0 Å². The van der Waals surface area contributed by atoms with Gasteiger partial charge in [-0.05, 0) is 40.3 Å². The van der Waals surface area contributed by atoms with E-state index in [1.807, 2.05) is 6.07 Å². The summed E-state index contributed by atoms with van der Waals surface area (Å²) in [5, 5.41) is 8.65. The number of nitriles is 1. The summed E-state index contributed by atoms with van der Waals surface area (Å²) in [6.07, 6.45) is -4.43. The van der Waals surface area contributed by atoms with E-state index < -0.39 is 11.7 Å². The number of alkyl halides is 4. The molecule has 1 aromatic carbocycles. The lowest BCUT2D eigenvalue weighted by Crippen LogP contribution is -2.09. The summed E-state index contributed by atoms with van der Waals surface area (Å²) in [6, 6.07) is 3.93. The standard InChI is InChI=1S/C9H4ClF3IN/c10-3-5-1-6(4-15)8(14)2-7(5)9(11,12)13/h1-2H,3H2. The predicted molar refractivity (Wildman–Crippen MR) is 58.4 cm³/mol. The topological polar surface area (TPSA) is 23.8 Å². The molecule has 1 rings (SSSR count). The van der Waals surface area contributed by atoms with Gasteiger partial charge in [-0.3, -0.25) is 0 Å². The Morgan fingerprint density at radius 2 is 2.00 bits per heavy atom. The first-order valence-electron chi connectivity index (χ1n) is 3.76. The first kappa shape index (κ1) is 12.6. The Hall–Kier alpha value is -0.480. The monoisotopic (exact) mass is 345 g/mol. The second kappa shape index (κ2) is 4.58. The van der Waals surface area contributed by atoms with Crippen LogP contribution >= 0.6 is 34.2 Å². The van der Waals surface area contributed by atoms with Crippen LogP contribution in [-0.2, 0) is 12.1 Å². The van der Waals surface area contributed by atoms with Gasteiger partial charge < -0.3 is 0 Å². The zero-order chi connectivity index (χ0) is 11.6. The first-order chi connectivity index (χ1) is 6.90. The molecule has 0 aliphatic heterocycles. The Kier molecular flexibility index (Phi) is 3.84. The normalized spacial score (nSPS) is 11.2. The van der Waals surface area contributed by atoms with Crippen LogP contribution in [0.1, 0.15) is 16.7 Å². The van der Waals surface area contributed by atoms with E-state index in [0.29, 0.717) is 0 Å². The maximum absolute atomic E-state index is 12.5. The highest BCUT2D eigenvalue weighted by Gasteiger charge is 2.33. The average Bonchev–Trinajstić information content (AvgIpc) is 2.16. The number of halogens is 5. The molecular formula is C9H4ClF3IN. The van der Waals surface area contributed by atoms with E-state index >= 15 is 0 Å². The minimum absolute atomic E-state index is 0.0684. The molecule has 0 amide bonds. The Balaban J connectivity index is 3.42. The number of benzene rings is 1. The molecule has 6 heteroatoms. The van der Waals surface area contributed by atoms with Crippen LogP contribution in [-0.4, -0.2) is 0 Å². The maximum Gasteiger partial charge on any atom is 0.416 e. The smallest absolute Gasteiger partial charge is 0.192 e. The second-order valence-electron chi connectivity index (χ2n) is 2.73. The predicted octanol–water partition coefficient (Wildman–Crippen LogP) is 3.92. The molecule has 1 aromatic rings. The van der Waals surface area contributed by atoms with Gasteiger partial charge in [0.1, 0.15) is 6.07 Å². The van der Waals surface area contributed by atoms with Crippen molar-refractivity contribution in [1.82, 2.24) is 0 Å². The van der Waals surface area contributed by atoms with Crippen molar-refractivity contribution in [3.63, 3.8) is 0 Å². The third-order valence-corrected chi connectivity index (χ3v) is 2.94. The fraction of sp³-hybridized carbons (Fsp3) is 0.222. The minimum atomic E-state index is -4.43. The average molecular weight is 345 g/mol. The molecule has 0 aliphatic carbocycles. The molecule has 1 nitrogen and oxygen atoms in total. The SMILES string of the molecule is N#Cc1cc(CCl)c(C(F)(F)F)cc1I. The van der Waals surface area contributed by atoms with Crippen molar-refractivity contribution in [2.75, 3.05) is 0 Å². The molecule has 0 fully saturated rings. The fourth-order valence-corrected chi connectivity index (χ4v) is 1.89. The molecule has 0 atom stereocenters. The summed E-state index contributed by atoms with van der Waals surface area (Å²) >= 11 is 7.10. The molecule has 80 valence electrons. The van der Waals surface area contributed by atoms with Crippen molar-refractivity contribution in [3.05, 3.63) is 32.4 Å². The summed E-state index contributed by atoms with van der Waals surface area (Å²) in [7, 11) is 0. The van der Waals surface area contributed by atoms with Gasteiger partial charge in [0.25, 0.3) is 0 Å². The summed E-state index contributed by atoms with van der Waals surface area (Å²) in [4.78, 5) is 0. The zero-order valence-electron chi connectivity index (χ0n) is 7.20. The molecule has 0 heterocycles. The van der Waals surface area contributed by atoms with E-state index in [0.717, 1.165) is 6.07 Å². The fourth-order valence-electron chi connectivity index (χ4n) is 1.08. The van der Waals surface area contributed by atoms with E-state index in [1.54, 1.807) is 22.6 Å². The van der Waals surface area contributed by atoms with Crippen molar-refractivity contribution < 1.29 is 13.2 Å². The lowest BCUT2D eigenvalue weighted by atomic mass is 10.1. The molecule has 0 bridgehead atoms. The largest absolute Gasteiger partial charge is 0.416 e. The third-order valence-electron chi connectivity index (χ3n) is 1.76. The van der Waals surface area contributed by atoms with Gasteiger partial charge in [-0.1, -0.05) is 0 Å².